The van der Waals surface area contributed by atoms with Crippen LogP contribution < -0.4 is 5.32 Å². The number of carbonyl (C=O) groups excluding carboxylic acids is 2. The molecule has 1 atom stereocenters. The second-order valence-corrected chi connectivity index (χ2v) is 5.68. The van der Waals surface area contributed by atoms with Crippen molar-refractivity contribution in [3.63, 3.8) is 0 Å². The zero-order valence-corrected chi connectivity index (χ0v) is 14.0. The summed E-state index contributed by atoms with van der Waals surface area (Å²) in [6.07, 6.45) is 0.910. The van der Waals surface area contributed by atoms with Crippen LogP contribution in [0.3, 0.4) is 0 Å². The van der Waals surface area contributed by atoms with Gasteiger partial charge in [0.15, 0.2) is 6.61 Å². The Bertz CT molecular complexity index is 757. The van der Waals surface area contributed by atoms with Gasteiger partial charge in [0.2, 0.25) is 0 Å². The Morgan fingerprint density at radius 1 is 1.12 bits per heavy atom. The van der Waals surface area contributed by atoms with Gasteiger partial charge in [0, 0.05) is 11.8 Å². The molecule has 0 aliphatic rings. The summed E-state index contributed by atoms with van der Waals surface area (Å²) in [6.45, 7) is 3.54. The number of halogens is 2. The molecule has 132 valence electrons. The summed E-state index contributed by atoms with van der Waals surface area (Å²) < 4.78 is 31.0. The van der Waals surface area contributed by atoms with Crippen LogP contribution in [0.25, 0.3) is 0 Å². The summed E-state index contributed by atoms with van der Waals surface area (Å²) in [5.41, 5.74) is 1.34. The average molecular weight is 347 g/mol. The Kier molecular flexibility index (Phi) is 6.22. The maximum Gasteiger partial charge on any atom is 0.338 e. The lowest BCUT2D eigenvalue weighted by Gasteiger charge is -2.15. The summed E-state index contributed by atoms with van der Waals surface area (Å²) in [5, 5.41) is 2.69. The minimum Gasteiger partial charge on any atom is -0.452 e. The molecule has 0 saturated heterocycles. The molecule has 4 nitrogen and oxygen atoms in total. The SMILES string of the molecule is CC[C@H](C)c1ccccc1NC(=O)COC(=O)c1cc(F)cc(F)c1. The van der Waals surface area contributed by atoms with E-state index in [1.54, 1.807) is 12.1 Å². The Hall–Kier alpha value is -2.76. The number of hydrogen-bond acceptors (Lipinski definition) is 3. The highest BCUT2D eigenvalue weighted by Gasteiger charge is 2.15. The fourth-order valence-electron chi connectivity index (χ4n) is 2.33. The maximum absolute atomic E-state index is 13.1. The summed E-state index contributed by atoms with van der Waals surface area (Å²) in [6, 6.07) is 9.71. The van der Waals surface area contributed by atoms with Crippen molar-refractivity contribution in [2.24, 2.45) is 0 Å². The first-order valence-electron chi connectivity index (χ1n) is 7.92. The van der Waals surface area contributed by atoms with Gasteiger partial charge in [-0.1, -0.05) is 32.0 Å². The number of para-hydroxylation sites is 1. The quantitative estimate of drug-likeness (QED) is 0.794. The fraction of sp³-hybridized carbons (Fsp3) is 0.263. The molecule has 0 spiro atoms. The van der Waals surface area contributed by atoms with Crippen molar-refractivity contribution in [1.29, 1.82) is 0 Å². The van der Waals surface area contributed by atoms with Crippen LogP contribution in [-0.4, -0.2) is 18.5 Å². The van der Waals surface area contributed by atoms with Crippen LogP contribution in [0.2, 0.25) is 0 Å². The summed E-state index contributed by atoms with van der Waals surface area (Å²) in [4.78, 5) is 23.8. The highest BCUT2D eigenvalue weighted by atomic mass is 19.1. The van der Waals surface area contributed by atoms with Crippen LogP contribution in [0, 0.1) is 11.6 Å². The number of benzene rings is 2. The predicted octanol–water partition coefficient (Wildman–Crippen LogP) is 4.27. The Morgan fingerprint density at radius 2 is 1.76 bits per heavy atom. The van der Waals surface area contributed by atoms with Crippen LogP contribution in [0.1, 0.15) is 42.1 Å². The summed E-state index contributed by atoms with van der Waals surface area (Å²) >= 11 is 0. The summed E-state index contributed by atoms with van der Waals surface area (Å²) in [5.74, 6) is -3.02. The molecule has 0 saturated carbocycles. The number of carbonyl (C=O) groups is 2. The molecule has 0 aliphatic heterocycles. The third-order valence-corrected chi connectivity index (χ3v) is 3.81. The number of anilines is 1. The number of rotatable bonds is 6. The maximum atomic E-state index is 13.1. The minimum atomic E-state index is -0.969. The van der Waals surface area contributed by atoms with Crippen LogP contribution in [0.4, 0.5) is 14.5 Å². The van der Waals surface area contributed by atoms with Crippen LogP contribution >= 0.6 is 0 Å². The Balaban J connectivity index is 1.98. The zero-order chi connectivity index (χ0) is 18.4. The van der Waals surface area contributed by atoms with Crippen LogP contribution in [-0.2, 0) is 9.53 Å². The molecular formula is C19H19F2NO3. The van der Waals surface area contributed by atoms with Crippen LogP contribution in [0.15, 0.2) is 42.5 Å². The number of amides is 1. The highest BCUT2D eigenvalue weighted by Crippen LogP contribution is 2.26. The molecule has 2 aromatic carbocycles. The zero-order valence-electron chi connectivity index (χ0n) is 14.0. The summed E-state index contributed by atoms with van der Waals surface area (Å²) in [7, 11) is 0. The molecule has 0 fully saturated rings. The van der Waals surface area contributed by atoms with Crippen molar-refractivity contribution >= 4 is 17.6 Å². The number of nitrogens with one attached hydrogen (secondary N) is 1. The standard InChI is InChI=1S/C19H19F2NO3/c1-3-12(2)16-6-4-5-7-17(16)22-18(23)11-25-19(24)13-8-14(20)10-15(21)9-13/h4-10,12H,3,11H2,1-2H3,(H,22,23)/t12-/m0/s1. The van der Waals surface area contributed by atoms with E-state index in [0.717, 1.165) is 24.1 Å². The molecule has 0 aliphatic carbocycles. The van der Waals surface area contributed by atoms with Crippen molar-refractivity contribution in [3.05, 3.63) is 65.2 Å². The van der Waals surface area contributed by atoms with Crippen molar-refractivity contribution in [2.75, 3.05) is 11.9 Å². The molecule has 1 N–H and O–H groups in total. The van der Waals surface area contributed by atoms with E-state index in [1.807, 2.05) is 26.0 Å². The van der Waals surface area contributed by atoms with Crippen molar-refractivity contribution < 1.29 is 23.1 Å². The van der Waals surface area contributed by atoms with Gasteiger partial charge in [0.25, 0.3) is 5.91 Å². The molecule has 0 radical (unpaired) electrons. The lowest BCUT2D eigenvalue weighted by atomic mass is 9.97. The fourth-order valence-corrected chi connectivity index (χ4v) is 2.33. The Labute approximate surface area is 144 Å². The van der Waals surface area contributed by atoms with Gasteiger partial charge >= 0.3 is 5.97 Å². The van der Waals surface area contributed by atoms with E-state index < -0.39 is 30.1 Å². The van der Waals surface area contributed by atoms with E-state index in [0.29, 0.717) is 11.8 Å². The predicted molar refractivity (Wildman–Crippen MR) is 90.4 cm³/mol. The molecule has 6 heteroatoms. The van der Waals surface area contributed by atoms with Crippen molar-refractivity contribution in [3.8, 4) is 0 Å². The van der Waals surface area contributed by atoms with Gasteiger partial charge in [-0.25, -0.2) is 13.6 Å². The first-order chi connectivity index (χ1) is 11.9. The number of esters is 1. The smallest absolute Gasteiger partial charge is 0.338 e. The highest BCUT2D eigenvalue weighted by molar-refractivity contribution is 5.96. The first kappa shape index (κ1) is 18.6. The van der Waals surface area contributed by atoms with Gasteiger partial charge in [-0.2, -0.15) is 0 Å². The van der Waals surface area contributed by atoms with E-state index in [4.69, 9.17) is 4.74 Å². The molecule has 0 bridgehead atoms. The topological polar surface area (TPSA) is 55.4 Å². The molecule has 25 heavy (non-hydrogen) atoms. The largest absolute Gasteiger partial charge is 0.452 e. The molecule has 2 aromatic rings. The minimum absolute atomic E-state index is 0.259. The number of hydrogen-bond donors (Lipinski definition) is 1. The lowest BCUT2D eigenvalue weighted by Crippen LogP contribution is -2.22. The molecule has 0 aromatic heterocycles. The van der Waals surface area contributed by atoms with Gasteiger partial charge in [0.1, 0.15) is 11.6 Å². The average Bonchev–Trinajstić information content (AvgIpc) is 2.58. The van der Waals surface area contributed by atoms with Gasteiger partial charge in [-0.3, -0.25) is 4.79 Å². The normalized spacial score (nSPS) is 11.7. The molecule has 0 unspecified atom stereocenters. The number of ether oxygens (including phenoxy) is 1. The van der Waals surface area contributed by atoms with Crippen molar-refractivity contribution in [2.45, 2.75) is 26.2 Å². The van der Waals surface area contributed by atoms with Gasteiger partial charge in [-0.15, -0.1) is 0 Å². The molecule has 0 heterocycles. The first-order valence-corrected chi connectivity index (χ1v) is 7.92. The third kappa shape index (κ3) is 5.11. The van der Waals surface area contributed by atoms with Gasteiger partial charge in [0.05, 0.1) is 5.56 Å². The monoisotopic (exact) mass is 347 g/mol. The van der Waals surface area contributed by atoms with E-state index in [2.05, 4.69) is 5.32 Å². The van der Waals surface area contributed by atoms with Gasteiger partial charge in [-0.05, 0) is 36.1 Å². The molecule has 2 rings (SSSR count). The molecule has 1 amide bonds. The second kappa shape index (κ2) is 8.37. The van der Waals surface area contributed by atoms with E-state index in [-0.39, 0.29) is 11.5 Å². The lowest BCUT2D eigenvalue weighted by molar-refractivity contribution is -0.119. The second-order valence-electron chi connectivity index (χ2n) is 5.68. The van der Waals surface area contributed by atoms with E-state index >= 15 is 0 Å². The van der Waals surface area contributed by atoms with Crippen LogP contribution in [0.5, 0.6) is 0 Å². The molecular weight excluding hydrogens is 328 g/mol. The Morgan fingerprint density at radius 3 is 2.40 bits per heavy atom. The van der Waals surface area contributed by atoms with E-state index in [1.165, 1.54) is 0 Å². The third-order valence-electron chi connectivity index (χ3n) is 3.81. The van der Waals surface area contributed by atoms with Gasteiger partial charge < -0.3 is 10.1 Å². The van der Waals surface area contributed by atoms with Crippen molar-refractivity contribution in [1.82, 2.24) is 0 Å². The van der Waals surface area contributed by atoms with E-state index in [9.17, 15) is 18.4 Å².